The Morgan fingerprint density at radius 1 is 1.24 bits per heavy atom. The molecule has 124 valence electrons. The zero-order valence-electron chi connectivity index (χ0n) is 12.9. The molecule has 0 radical (unpaired) electrons. The second-order valence-corrected chi connectivity index (χ2v) is 6.23. The molecule has 3 heterocycles. The summed E-state index contributed by atoms with van der Waals surface area (Å²) in [7, 11) is 0. The molecule has 0 bridgehead atoms. The monoisotopic (exact) mass is 380 g/mol. The fraction of sp³-hybridized carbons (Fsp3) is 0.235. The first kappa shape index (κ1) is 19.0. The number of benzene rings is 1. The third-order valence-corrected chi connectivity index (χ3v) is 4.36. The van der Waals surface area contributed by atoms with E-state index in [0.717, 1.165) is 37.3 Å². The molecular weight excluding hydrogens is 363 g/mol. The molecule has 0 atom stereocenters. The Balaban J connectivity index is 0.00000182. The molecule has 1 aliphatic heterocycles. The van der Waals surface area contributed by atoms with Crippen molar-refractivity contribution in [2.24, 2.45) is 0 Å². The quantitative estimate of drug-likeness (QED) is 0.534. The fourth-order valence-electron chi connectivity index (χ4n) is 3.03. The molecule has 0 saturated carbocycles. The SMILES string of the molecule is O=c1[nH]c2c(cc1-c1nnc(S)o1)CN(Cc1ccccc1)CC2.[KH]. The van der Waals surface area contributed by atoms with Crippen LogP contribution in [0, 0.1) is 0 Å². The first-order valence-corrected chi connectivity index (χ1v) is 8.18. The molecule has 1 aliphatic rings. The first-order chi connectivity index (χ1) is 11.7. The summed E-state index contributed by atoms with van der Waals surface area (Å²) in [6.45, 7) is 2.57. The molecule has 0 spiro atoms. The maximum atomic E-state index is 12.3. The van der Waals surface area contributed by atoms with E-state index in [2.05, 4.69) is 44.8 Å². The van der Waals surface area contributed by atoms with Crippen LogP contribution in [-0.2, 0) is 19.5 Å². The second kappa shape index (κ2) is 8.30. The van der Waals surface area contributed by atoms with Crippen LogP contribution < -0.4 is 5.56 Å². The van der Waals surface area contributed by atoms with Crippen molar-refractivity contribution in [2.75, 3.05) is 6.54 Å². The number of nitrogens with zero attached hydrogens (tertiary/aromatic N) is 3. The minimum atomic E-state index is -0.206. The Bertz CT molecular complexity index is 926. The van der Waals surface area contributed by atoms with E-state index in [0.29, 0.717) is 5.56 Å². The molecule has 0 saturated heterocycles. The van der Waals surface area contributed by atoms with E-state index < -0.39 is 0 Å². The van der Waals surface area contributed by atoms with E-state index in [-0.39, 0.29) is 68.1 Å². The van der Waals surface area contributed by atoms with E-state index in [1.165, 1.54) is 5.56 Å². The van der Waals surface area contributed by atoms with Crippen molar-refractivity contribution in [3.63, 3.8) is 0 Å². The van der Waals surface area contributed by atoms with Crippen LogP contribution in [0.2, 0.25) is 0 Å². The van der Waals surface area contributed by atoms with E-state index in [4.69, 9.17) is 4.42 Å². The molecule has 0 unspecified atom stereocenters. The van der Waals surface area contributed by atoms with Gasteiger partial charge in [-0.05, 0) is 17.2 Å². The molecule has 1 N–H and O–H groups in total. The molecule has 0 aliphatic carbocycles. The van der Waals surface area contributed by atoms with Crippen molar-refractivity contribution in [2.45, 2.75) is 24.7 Å². The Kier molecular flexibility index (Phi) is 6.32. The summed E-state index contributed by atoms with van der Waals surface area (Å²) in [4.78, 5) is 17.6. The van der Waals surface area contributed by atoms with Gasteiger partial charge in [-0.2, -0.15) is 0 Å². The first-order valence-electron chi connectivity index (χ1n) is 7.73. The van der Waals surface area contributed by atoms with Gasteiger partial charge in [-0.25, -0.2) is 0 Å². The van der Waals surface area contributed by atoms with Crippen molar-refractivity contribution < 1.29 is 4.42 Å². The van der Waals surface area contributed by atoms with Crippen LogP contribution in [0.5, 0.6) is 0 Å². The van der Waals surface area contributed by atoms with E-state index in [9.17, 15) is 4.79 Å². The second-order valence-electron chi connectivity index (χ2n) is 5.85. The van der Waals surface area contributed by atoms with Crippen LogP contribution in [0.25, 0.3) is 11.5 Å². The van der Waals surface area contributed by atoms with Gasteiger partial charge in [0.25, 0.3) is 16.7 Å². The van der Waals surface area contributed by atoms with Gasteiger partial charge in [-0.15, -0.1) is 10.2 Å². The summed E-state index contributed by atoms with van der Waals surface area (Å²) in [5.41, 5.74) is 3.54. The Hall–Kier alpha value is -0.744. The van der Waals surface area contributed by atoms with Gasteiger partial charge < -0.3 is 9.40 Å². The molecule has 0 fully saturated rings. The van der Waals surface area contributed by atoms with Gasteiger partial charge in [0, 0.05) is 31.7 Å². The number of aromatic amines is 1. The molecule has 6 nitrogen and oxygen atoms in total. The standard InChI is InChI=1S/C17H16N4O2S.K.H/c22-15-13(16-19-20-17(24)23-16)8-12-10-21(7-6-14(12)18-15)9-11-4-2-1-3-5-11;;/h1-5,8H,6-7,9-10H2,(H,18,22)(H,20,24);;. The van der Waals surface area contributed by atoms with Gasteiger partial charge in [0.1, 0.15) is 5.56 Å². The number of hydrogen-bond acceptors (Lipinski definition) is 6. The number of hydrogen-bond donors (Lipinski definition) is 2. The summed E-state index contributed by atoms with van der Waals surface area (Å²) in [5.74, 6) is 0.198. The van der Waals surface area contributed by atoms with Crippen LogP contribution in [-0.4, -0.2) is 78.0 Å². The molecular formula is C17H17KN4O2S. The molecule has 2 aromatic heterocycles. The number of rotatable bonds is 3. The third-order valence-electron chi connectivity index (χ3n) is 4.18. The number of nitrogens with one attached hydrogen (secondary N) is 1. The predicted molar refractivity (Wildman–Crippen MR) is 99.0 cm³/mol. The summed E-state index contributed by atoms with van der Waals surface area (Å²) in [5, 5.41) is 7.70. The Morgan fingerprint density at radius 3 is 2.76 bits per heavy atom. The summed E-state index contributed by atoms with van der Waals surface area (Å²) in [6.07, 6.45) is 0.819. The van der Waals surface area contributed by atoms with E-state index >= 15 is 0 Å². The van der Waals surface area contributed by atoms with Crippen LogP contribution in [0.4, 0.5) is 0 Å². The van der Waals surface area contributed by atoms with Crippen molar-refractivity contribution in [3.05, 3.63) is 63.6 Å². The molecule has 3 aromatic rings. The average molecular weight is 381 g/mol. The number of H-pyrrole nitrogens is 1. The predicted octanol–water partition coefficient (Wildman–Crippen LogP) is 1.62. The normalized spacial score (nSPS) is 14.0. The van der Waals surface area contributed by atoms with Gasteiger partial charge in [0.15, 0.2) is 0 Å². The van der Waals surface area contributed by atoms with Gasteiger partial charge in [0.05, 0.1) is 0 Å². The Morgan fingerprint density at radius 2 is 2.04 bits per heavy atom. The van der Waals surface area contributed by atoms with Gasteiger partial charge in [-0.1, -0.05) is 43.0 Å². The van der Waals surface area contributed by atoms with E-state index in [1.54, 1.807) is 0 Å². The third kappa shape index (κ3) is 4.33. The van der Waals surface area contributed by atoms with Crippen molar-refractivity contribution in [1.29, 1.82) is 0 Å². The summed E-state index contributed by atoms with van der Waals surface area (Å²) >= 11 is 4.00. The molecule has 8 heteroatoms. The average Bonchev–Trinajstić information content (AvgIpc) is 3.02. The minimum absolute atomic E-state index is 0. The number of pyridine rings is 1. The number of aromatic nitrogens is 3. The number of thiol groups is 1. The van der Waals surface area contributed by atoms with Crippen molar-refractivity contribution in [3.8, 4) is 11.5 Å². The van der Waals surface area contributed by atoms with Crippen LogP contribution in [0.1, 0.15) is 16.8 Å². The molecule has 0 amide bonds. The van der Waals surface area contributed by atoms with Gasteiger partial charge in [-0.3, -0.25) is 9.69 Å². The van der Waals surface area contributed by atoms with Gasteiger partial charge in [0.2, 0.25) is 0 Å². The van der Waals surface area contributed by atoms with Crippen LogP contribution in [0.15, 0.2) is 50.8 Å². The maximum absolute atomic E-state index is 12.3. The van der Waals surface area contributed by atoms with Crippen LogP contribution >= 0.6 is 12.6 Å². The fourth-order valence-corrected chi connectivity index (χ4v) is 3.16. The topological polar surface area (TPSA) is 75.0 Å². The van der Waals surface area contributed by atoms with Crippen LogP contribution in [0.3, 0.4) is 0 Å². The van der Waals surface area contributed by atoms with Gasteiger partial charge >= 0.3 is 51.4 Å². The number of fused-ring (bicyclic) bond motifs is 1. The van der Waals surface area contributed by atoms with Crippen molar-refractivity contribution >= 4 is 64.0 Å². The van der Waals surface area contributed by atoms with Crippen molar-refractivity contribution in [1.82, 2.24) is 20.1 Å². The molecule has 1 aromatic carbocycles. The molecule has 4 rings (SSSR count). The molecule has 25 heavy (non-hydrogen) atoms. The zero-order chi connectivity index (χ0) is 16.5. The summed E-state index contributed by atoms with van der Waals surface area (Å²) in [6, 6.07) is 12.2. The zero-order valence-corrected chi connectivity index (χ0v) is 13.8. The summed E-state index contributed by atoms with van der Waals surface area (Å²) < 4.78 is 5.27. The Labute approximate surface area is 192 Å². The van der Waals surface area contributed by atoms with E-state index in [1.807, 2.05) is 24.3 Å².